The van der Waals surface area contributed by atoms with E-state index in [1.807, 2.05) is 0 Å². The number of non-ortho nitro benzene ring substituents is 1. The van der Waals surface area contributed by atoms with Gasteiger partial charge in [0.25, 0.3) is 17.3 Å². The maximum absolute atomic E-state index is 12.3. The quantitative estimate of drug-likeness (QED) is 0.686. The van der Waals surface area contributed by atoms with E-state index in [0.717, 1.165) is 0 Å². The van der Waals surface area contributed by atoms with Crippen LogP contribution in [0.5, 0.6) is 0 Å². The van der Waals surface area contributed by atoms with Gasteiger partial charge < -0.3 is 5.32 Å². The number of nitrogens with zero attached hydrogens (tertiary/aromatic N) is 2. The number of aryl methyl sites for hydroxylation is 1. The highest BCUT2D eigenvalue weighted by atomic mass is 16.6. The molecule has 0 saturated carbocycles. The molecule has 2 aromatic carbocycles. The third-order valence-corrected chi connectivity index (χ3v) is 3.43. The van der Waals surface area contributed by atoms with Crippen molar-refractivity contribution in [2.45, 2.75) is 13.8 Å². The summed E-state index contributed by atoms with van der Waals surface area (Å²) in [7, 11) is 0. The summed E-state index contributed by atoms with van der Waals surface area (Å²) in [4.78, 5) is 33.0. The molecule has 2 aromatic rings. The van der Waals surface area contributed by atoms with Crippen LogP contribution >= 0.6 is 0 Å². The molecule has 0 bridgehead atoms. The van der Waals surface area contributed by atoms with Crippen LogP contribution in [0.15, 0.2) is 36.4 Å². The number of rotatable bonds is 4. The van der Waals surface area contributed by atoms with Crippen LogP contribution in [0.4, 0.5) is 17.1 Å². The molecular weight excluding hydrogens is 302 g/mol. The molecule has 0 fully saturated rings. The molecule has 0 atom stereocenters. The SMILES string of the molecule is Cc1ccc([N+](=O)[O-])cc1NC(=O)c1cccc([N+](=O)[O-])c1C. The summed E-state index contributed by atoms with van der Waals surface area (Å²) in [5, 5.41) is 24.3. The fourth-order valence-corrected chi connectivity index (χ4v) is 2.12. The van der Waals surface area contributed by atoms with Crippen LogP contribution in [0, 0.1) is 34.1 Å². The Morgan fingerprint density at radius 2 is 1.74 bits per heavy atom. The Kier molecular flexibility index (Phi) is 4.35. The van der Waals surface area contributed by atoms with Gasteiger partial charge in [-0.15, -0.1) is 0 Å². The molecule has 0 aliphatic heterocycles. The Bertz CT molecular complexity index is 817. The van der Waals surface area contributed by atoms with Crippen LogP contribution in [-0.4, -0.2) is 15.8 Å². The fraction of sp³-hybridized carbons (Fsp3) is 0.133. The minimum absolute atomic E-state index is 0.144. The van der Waals surface area contributed by atoms with Crippen molar-refractivity contribution in [3.63, 3.8) is 0 Å². The first-order valence-corrected chi connectivity index (χ1v) is 6.61. The third-order valence-electron chi connectivity index (χ3n) is 3.43. The first kappa shape index (κ1) is 16.1. The van der Waals surface area contributed by atoms with Gasteiger partial charge in [0.05, 0.1) is 15.5 Å². The number of anilines is 1. The van der Waals surface area contributed by atoms with E-state index in [9.17, 15) is 25.0 Å². The van der Waals surface area contributed by atoms with Gasteiger partial charge in [0.1, 0.15) is 0 Å². The second-order valence-corrected chi connectivity index (χ2v) is 4.92. The van der Waals surface area contributed by atoms with Crippen LogP contribution in [0.25, 0.3) is 0 Å². The number of hydrogen-bond acceptors (Lipinski definition) is 5. The van der Waals surface area contributed by atoms with Crippen molar-refractivity contribution in [3.05, 3.63) is 73.3 Å². The molecule has 8 heteroatoms. The standard InChI is InChI=1S/C15H13N3O5/c1-9-6-7-11(17(20)21)8-13(9)16-15(19)12-4-3-5-14(10(12)2)18(22)23/h3-8H,1-2H3,(H,16,19). The van der Waals surface area contributed by atoms with Crippen LogP contribution in [0.3, 0.4) is 0 Å². The van der Waals surface area contributed by atoms with Gasteiger partial charge >= 0.3 is 0 Å². The summed E-state index contributed by atoms with van der Waals surface area (Å²) in [6, 6.07) is 8.30. The lowest BCUT2D eigenvalue weighted by Gasteiger charge is -2.10. The van der Waals surface area contributed by atoms with Crippen molar-refractivity contribution in [1.82, 2.24) is 0 Å². The molecule has 8 nitrogen and oxygen atoms in total. The monoisotopic (exact) mass is 315 g/mol. The molecule has 0 unspecified atom stereocenters. The Morgan fingerprint density at radius 3 is 2.35 bits per heavy atom. The first-order valence-electron chi connectivity index (χ1n) is 6.61. The largest absolute Gasteiger partial charge is 0.321 e. The average Bonchev–Trinajstić information content (AvgIpc) is 2.49. The number of carbonyl (C=O) groups is 1. The number of amides is 1. The Labute approximate surface area is 131 Å². The molecule has 1 amide bonds. The Morgan fingerprint density at radius 1 is 1.04 bits per heavy atom. The van der Waals surface area contributed by atoms with Gasteiger partial charge in [-0.05, 0) is 25.5 Å². The van der Waals surface area contributed by atoms with Gasteiger partial charge in [-0.25, -0.2) is 0 Å². The smallest absolute Gasteiger partial charge is 0.273 e. The summed E-state index contributed by atoms with van der Waals surface area (Å²) in [6.07, 6.45) is 0. The lowest BCUT2D eigenvalue weighted by Crippen LogP contribution is -2.15. The van der Waals surface area contributed by atoms with Gasteiger partial charge in [-0.1, -0.05) is 12.1 Å². The predicted octanol–water partition coefficient (Wildman–Crippen LogP) is 3.37. The molecule has 23 heavy (non-hydrogen) atoms. The van der Waals surface area contributed by atoms with E-state index in [1.54, 1.807) is 6.92 Å². The van der Waals surface area contributed by atoms with Crippen molar-refractivity contribution in [1.29, 1.82) is 0 Å². The summed E-state index contributed by atoms with van der Waals surface area (Å²) in [6.45, 7) is 3.17. The van der Waals surface area contributed by atoms with Gasteiger partial charge in [0.15, 0.2) is 0 Å². The molecule has 0 spiro atoms. The van der Waals surface area contributed by atoms with Crippen molar-refractivity contribution >= 4 is 23.0 Å². The van der Waals surface area contributed by atoms with Crippen molar-refractivity contribution < 1.29 is 14.6 Å². The summed E-state index contributed by atoms with van der Waals surface area (Å²) < 4.78 is 0. The highest BCUT2D eigenvalue weighted by molar-refractivity contribution is 6.06. The average molecular weight is 315 g/mol. The topological polar surface area (TPSA) is 115 Å². The van der Waals surface area contributed by atoms with E-state index < -0.39 is 15.8 Å². The second kappa shape index (κ2) is 6.22. The molecule has 0 aliphatic rings. The lowest BCUT2D eigenvalue weighted by atomic mass is 10.1. The Balaban J connectivity index is 2.37. The molecule has 0 saturated heterocycles. The van der Waals surface area contributed by atoms with Gasteiger partial charge in [-0.2, -0.15) is 0 Å². The maximum Gasteiger partial charge on any atom is 0.273 e. The zero-order valence-corrected chi connectivity index (χ0v) is 12.4. The van der Waals surface area contributed by atoms with Crippen LogP contribution in [-0.2, 0) is 0 Å². The van der Waals surface area contributed by atoms with Crippen LogP contribution < -0.4 is 5.32 Å². The molecule has 0 heterocycles. The molecule has 0 aromatic heterocycles. The number of nitro groups is 2. The first-order chi connectivity index (χ1) is 10.8. The number of nitro benzene ring substituents is 2. The molecule has 0 radical (unpaired) electrons. The van der Waals surface area contributed by atoms with Gasteiger partial charge in [0, 0.05) is 29.3 Å². The molecular formula is C15H13N3O5. The summed E-state index contributed by atoms with van der Waals surface area (Å²) >= 11 is 0. The minimum atomic E-state index is -0.565. The zero-order valence-electron chi connectivity index (χ0n) is 12.4. The second-order valence-electron chi connectivity index (χ2n) is 4.92. The van der Waals surface area contributed by atoms with Crippen LogP contribution in [0.1, 0.15) is 21.5 Å². The summed E-state index contributed by atoms with van der Waals surface area (Å²) in [5.41, 5.74) is 1.00. The lowest BCUT2D eigenvalue weighted by molar-refractivity contribution is -0.385. The molecule has 0 aliphatic carbocycles. The summed E-state index contributed by atoms with van der Waals surface area (Å²) in [5.74, 6) is -0.560. The number of benzene rings is 2. The van der Waals surface area contributed by atoms with Crippen molar-refractivity contribution in [3.8, 4) is 0 Å². The fourth-order valence-electron chi connectivity index (χ4n) is 2.12. The van der Waals surface area contributed by atoms with Crippen LogP contribution in [0.2, 0.25) is 0 Å². The van der Waals surface area contributed by atoms with E-state index in [4.69, 9.17) is 0 Å². The zero-order chi connectivity index (χ0) is 17.1. The Hall–Kier alpha value is -3.29. The predicted molar refractivity (Wildman–Crippen MR) is 83.6 cm³/mol. The van der Waals surface area contributed by atoms with E-state index in [0.29, 0.717) is 5.56 Å². The maximum atomic E-state index is 12.3. The highest BCUT2D eigenvalue weighted by Gasteiger charge is 2.19. The normalized spacial score (nSPS) is 10.2. The number of nitrogens with one attached hydrogen (secondary N) is 1. The van der Waals surface area contributed by atoms with E-state index in [-0.39, 0.29) is 28.2 Å². The molecule has 1 N–H and O–H groups in total. The highest BCUT2D eigenvalue weighted by Crippen LogP contribution is 2.25. The van der Waals surface area contributed by atoms with Crippen molar-refractivity contribution in [2.24, 2.45) is 0 Å². The van der Waals surface area contributed by atoms with E-state index in [2.05, 4.69) is 5.32 Å². The third kappa shape index (κ3) is 3.31. The van der Waals surface area contributed by atoms with Gasteiger partial charge in [-0.3, -0.25) is 25.0 Å². The molecule has 2 rings (SSSR count). The molecule has 118 valence electrons. The van der Waals surface area contributed by atoms with E-state index in [1.165, 1.54) is 43.3 Å². The van der Waals surface area contributed by atoms with Gasteiger partial charge in [0.2, 0.25) is 0 Å². The van der Waals surface area contributed by atoms with E-state index >= 15 is 0 Å². The number of hydrogen-bond donors (Lipinski definition) is 1. The minimum Gasteiger partial charge on any atom is -0.321 e. The number of carbonyl (C=O) groups excluding carboxylic acids is 1. The van der Waals surface area contributed by atoms with Crippen molar-refractivity contribution in [2.75, 3.05) is 5.32 Å².